The van der Waals surface area contributed by atoms with Gasteiger partial charge in [-0.2, -0.15) is 0 Å². The van der Waals surface area contributed by atoms with Crippen LogP contribution in [0.25, 0.3) is 16.6 Å². The number of carbonyl (C=O) groups is 1. The summed E-state index contributed by atoms with van der Waals surface area (Å²) in [4.78, 5) is 12.4. The molecule has 2 aromatic carbocycles. The lowest BCUT2D eigenvalue weighted by Gasteiger charge is -2.14. The van der Waals surface area contributed by atoms with Crippen LogP contribution in [-0.4, -0.2) is 23.2 Å². The number of esters is 1. The Labute approximate surface area is 153 Å². The van der Waals surface area contributed by atoms with Crippen molar-refractivity contribution in [3.8, 4) is 11.4 Å². The molecule has 0 bridgehead atoms. The summed E-state index contributed by atoms with van der Waals surface area (Å²) in [5.74, 6) is 0.574. The Morgan fingerprint density at radius 2 is 1.81 bits per heavy atom. The lowest BCUT2D eigenvalue weighted by atomic mass is 10.2. The van der Waals surface area contributed by atoms with Gasteiger partial charge in [-0.25, -0.2) is 4.79 Å². The van der Waals surface area contributed by atoms with Crippen LogP contribution in [0.2, 0.25) is 0 Å². The second kappa shape index (κ2) is 7.24. The molecular formula is C22H23NO3. The second-order valence-electron chi connectivity index (χ2n) is 6.66. The van der Waals surface area contributed by atoms with Crippen molar-refractivity contribution in [3.05, 3.63) is 60.3 Å². The highest BCUT2D eigenvalue weighted by Crippen LogP contribution is 2.28. The fraction of sp³-hybridized carbons (Fsp3) is 0.318. The van der Waals surface area contributed by atoms with Gasteiger partial charge in [0.1, 0.15) is 11.4 Å². The quantitative estimate of drug-likeness (QED) is 0.600. The van der Waals surface area contributed by atoms with E-state index in [-0.39, 0.29) is 5.97 Å². The van der Waals surface area contributed by atoms with Crippen LogP contribution in [-0.2, 0) is 4.74 Å². The van der Waals surface area contributed by atoms with Crippen LogP contribution in [0.1, 0.15) is 43.1 Å². The Bertz CT molecular complexity index is 905. The summed E-state index contributed by atoms with van der Waals surface area (Å²) in [5.41, 5.74) is 2.45. The van der Waals surface area contributed by atoms with Gasteiger partial charge < -0.3 is 14.0 Å². The number of benzene rings is 2. The molecule has 0 amide bonds. The Hall–Kier alpha value is -2.75. The first kappa shape index (κ1) is 16.7. The Morgan fingerprint density at radius 1 is 1.08 bits per heavy atom. The Balaban J connectivity index is 1.70. The van der Waals surface area contributed by atoms with Crippen LogP contribution < -0.4 is 4.74 Å². The number of hydrogen-bond acceptors (Lipinski definition) is 3. The fourth-order valence-electron chi connectivity index (χ4n) is 3.66. The average Bonchev–Trinajstić information content (AvgIpc) is 3.30. The van der Waals surface area contributed by atoms with Crippen molar-refractivity contribution in [2.75, 3.05) is 6.61 Å². The third-order valence-electron chi connectivity index (χ3n) is 4.90. The lowest BCUT2D eigenvalue weighted by Crippen LogP contribution is -2.12. The van der Waals surface area contributed by atoms with Crippen molar-refractivity contribution in [1.29, 1.82) is 0 Å². The Morgan fingerprint density at radius 3 is 2.54 bits per heavy atom. The minimum absolute atomic E-state index is 0.310. The summed E-state index contributed by atoms with van der Waals surface area (Å²) in [7, 11) is 0. The van der Waals surface area contributed by atoms with E-state index in [1.807, 2.05) is 66.1 Å². The summed E-state index contributed by atoms with van der Waals surface area (Å²) in [6.07, 6.45) is 5.11. The van der Waals surface area contributed by atoms with Gasteiger partial charge in [-0.15, -0.1) is 0 Å². The molecule has 4 nitrogen and oxygen atoms in total. The van der Waals surface area contributed by atoms with Crippen molar-refractivity contribution in [1.82, 2.24) is 4.57 Å². The number of rotatable bonds is 5. The van der Waals surface area contributed by atoms with Crippen molar-refractivity contribution in [3.63, 3.8) is 0 Å². The molecule has 0 radical (unpaired) electrons. The first-order chi connectivity index (χ1) is 12.8. The van der Waals surface area contributed by atoms with E-state index in [2.05, 4.69) is 0 Å². The van der Waals surface area contributed by atoms with Gasteiger partial charge in [0.05, 0.1) is 18.2 Å². The smallest absolute Gasteiger partial charge is 0.355 e. The Kier molecular flexibility index (Phi) is 4.65. The van der Waals surface area contributed by atoms with E-state index in [4.69, 9.17) is 9.47 Å². The van der Waals surface area contributed by atoms with Gasteiger partial charge >= 0.3 is 5.97 Å². The molecule has 1 fully saturated rings. The molecule has 0 unspecified atom stereocenters. The third-order valence-corrected chi connectivity index (χ3v) is 4.90. The zero-order chi connectivity index (χ0) is 17.9. The maximum Gasteiger partial charge on any atom is 0.355 e. The fourth-order valence-corrected chi connectivity index (χ4v) is 3.66. The molecule has 4 heteroatoms. The predicted octanol–water partition coefficient (Wildman–Crippen LogP) is 5.13. The van der Waals surface area contributed by atoms with E-state index in [1.54, 1.807) is 0 Å². The molecule has 1 saturated carbocycles. The summed E-state index contributed by atoms with van der Waals surface area (Å²) in [6.45, 7) is 2.18. The molecule has 3 aromatic rings. The maximum atomic E-state index is 12.4. The summed E-state index contributed by atoms with van der Waals surface area (Å²) in [6, 6.07) is 17.8. The molecule has 0 atom stereocenters. The van der Waals surface area contributed by atoms with Gasteiger partial charge in [-0.05, 0) is 69.0 Å². The first-order valence-corrected chi connectivity index (χ1v) is 9.31. The first-order valence-electron chi connectivity index (χ1n) is 9.31. The van der Waals surface area contributed by atoms with E-state index in [1.165, 1.54) is 12.8 Å². The van der Waals surface area contributed by atoms with Crippen LogP contribution in [0.4, 0.5) is 0 Å². The minimum atomic E-state index is -0.310. The minimum Gasteiger partial charge on any atom is -0.490 e. The highest BCUT2D eigenvalue weighted by Gasteiger charge is 2.19. The third kappa shape index (κ3) is 3.19. The number of ether oxygens (including phenoxy) is 2. The maximum absolute atomic E-state index is 12.4. The monoisotopic (exact) mass is 349 g/mol. The molecule has 0 N–H and O–H groups in total. The number of carbonyl (C=O) groups excluding carboxylic acids is 1. The lowest BCUT2D eigenvalue weighted by molar-refractivity contribution is 0.0517. The molecule has 26 heavy (non-hydrogen) atoms. The van der Waals surface area contributed by atoms with Crippen molar-refractivity contribution in [2.24, 2.45) is 0 Å². The standard InChI is InChI=1S/C22H23NO3/c1-2-25-22(24)21-15-16-7-3-6-10-20(16)23(21)17-11-13-19(14-12-17)26-18-8-4-5-9-18/h3,6-7,10-15,18H,2,4-5,8-9H2,1H3. The zero-order valence-electron chi connectivity index (χ0n) is 15.0. The van der Waals surface area contributed by atoms with Gasteiger partial charge in [-0.3, -0.25) is 0 Å². The van der Waals surface area contributed by atoms with Gasteiger partial charge in [0.25, 0.3) is 0 Å². The van der Waals surface area contributed by atoms with Gasteiger partial charge in [0, 0.05) is 11.1 Å². The van der Waals surface area contributed by atoms with E-state index < -0.39 is 0 Å². The van der Waals surface area contributed by atoms with Gasteiger partial charge in [-0.1, -0.05) is 18.2 Å². The summed E-state index contributed by atoms with van der Waals surface area (Å²) >= 11 is 0. The van der Waals surface area contributed by atoms with Crippen molar-refractivity contribution in [2.45, 2.75) is 38.7 Å². The number of aromatic nitrogens is 1. The molecule has 134 valence electrons. The van der Waals surface area contributed by atoms with Crippen LogP contribution in [0.15, 0.2) is 54.6 Å². The summed E-state index contributed by atoms with van der Waals surface area (Å²) < 4.78 is 13.2. The summed E-state index contributed by atoms with van der Waals surface area (Å²) in [5, 5.41) is 1.02. The van der Waals surface area contributed by atoms with Crippen molar-refractivity contribution < 1.29 is 14.3 Å². The average molecular weight is 349 g/mol. The van der Waals surface area contributed by atoms with Crippen LogP contribution in [0.5, 0.6) is 5.75 Å². The largest absolute Gasteiger partial charge is 0.490 e. The van der Waals surface area contributed by atoms with E-state index >= 15 is 0 Å². The van der Waals surface area contributed by atoms with Gasteiger partial charge in [0.15, 0.2) is 0 Å². The highest BCUT2D eigenvalue weighted by molar-refractivity contribution is 5.97. The number of fused-ring (bicyclic) bond motifs is 1. The van der Waals surface area contributed by atoms with Crippen molar-refractivity contribution >= 4 is 16.9 Å². The number of para-hydroxylation sites is 1. The van der Waals surface area contributed by atoms with E-state index in [0.717, 1.165) is 35.2 Å². The molecule has 1 aliphatic rings. The zero-order valence-corrected chi connectivity index (χ0v) is 15.0. The molecule has 0 saturated heterocycles. The normalized spacial score (nSPS) is 14.7. The predicted molar refractivity (Wildman–Crippen MR) is 102 cm³/mol. The van der Waals surface area contributed by atoms with Crippen LogP contribution in [0, 0.1) is 0 Å². The van der Waals surface area contributed by atoms with Gasteiger partial charge in [0.2, 0.25) is 0 Å². The molecule has 4 rings (SSSR count). The highest BCUT2D eigenvalue weighted by atomic mass is 16.5. The van der Waals surface area contributed by atoms with Crippen LogP contribution in [0.3, 0.4) is 0 Å². The molecular weight excluding hydrogens is 326 g/mol. The molecule has 0 aliphatic heterocycles. The molecule has 1 heterocycles. The van der Waals surface area contributed by atoms with Crippen LogP contribution >= 0.6 is 0 Å². The molecule has 0 spiro atoms. The molecule has 1 aromatic heterocycles. The number of hydrogen-bond donors (Lipinski definition) is 0. The topological polar surface area (TPSA) is 40.5 Å². The molecule has 1 aliphatic carbocycles. The SMILES string of the molecule is CCOC(=O)c1cc2ccccc2n1-c1ccc(OC2CCCC2)cc1. The van der Waals surface area contributed by atoms with E-state index in [0.29, 0.717) is 18.4 Å². The number of nitrogens with zero attached hydrogens (tertiary/aromatic N) is 1. The van der Waals surface area contributed by atoms with E-state index in [9.17, 15) is 4.79 Å². The second-order valence-corrected chi connectivity index (χ2v) is 6.66.